The Morgan fingerprint density at radius 3 is 2.05 bits per heavy atom. The SMILES string of the molecule is CCNC(=O)C(CC)N(Cc1c(Cl)cccc1Cl)C(=O)CN(c1cccc(Cl)c1)S(=O)(=O)c1ccc(Cl)cc1. The molecule has 1 unspecified atom stereocenters. The van der Waals surface area contributed by atoms with Crippen molar-refractivity contribution in [2.75, 3.05) is 17.4 Å². The fourth-order valence-electron chi connectivity index (χ4n) is 3.96. The van der Waals surface area contributed by atoms with Gasteiger partial charge >= 0.3 is 0 Å². The highest BCUT2D eigenvalue weighted by atomic mass is 35.5. The number of nitrogens with one attached hydrogen (secondary N) is 1. The zero-order valence-corrected chi connectivity index (χ0v) is 25.0. The van der Waals surface area contributed by atoms with Gasteiger partial charge in [0.05, 0.1) is 10.6 Å². The van der Waals surface area contributed by atoms with Crippen molar-refractivity contribution in [3.8, 4) is 0 Å². The van der Waals surface area contributed by atoms with Crippen LogP contribution < -0.4 is 9.62 Å². The molecule has 0 saturated heterocycles. The Bertz CT molecular complexity index is 1410. The number of hydrogen-bond acceptors (Lipinski definition) is 4. The molecular weight excluding hydrogens is 604 g/mol. The van der Waals surface area contributed by atoms with Gasteiger partial charge in [0.25, 0.3) is 10.0 Å². The van der Waals surface area contributed by atoms with Crippen molar-refractivity contribution in [2.24, 2.45) is 0 Å². The van der Waals surface area contributed by atoms with Gasteiger partial charge in [-0.3, -0.25) is 13.9 Å². The van der Waals surface area contributed by atoms with Crippen LogP contribution in [0.25, 0.3) is 0 Å². The van der Waals surface area contributed by atoms with Crippen molar-refractivity contribution >= 4 is 73.9 Å². The van der Waals surface area contributed by atoms with E-state index in [9.17, 15) is 18.0 Å². The number of carbonyl (C=O) groups is 2. The molecule has 12 heteroatoms. The Hall–Kier alpha value is -2.49. The Morgan fingerprint density at radius 1 is 0.872 bits per heavy atom. The highest BCUT2D eigenvalue weighted by molar-refractivity contribution is 7.92. The number of nitrogens with zero attached hydrogens (tertiary/aromatic N) is 2. The molecule has 0 saturated carbocycles. The van der Waals surface area contributed by atoms with Gasteiger partial charge in [-0.25, -0.2) is 8.42 Å². The average Bonchev–Trinajstić information content (AvgIpc) is 2.89. The average molecular weight is 631 g/mol. The number of likely N-dealkylation sites (N-methyl/N-ethyl adjacent to an activating group) is 1. The number of amides is 2. The first-order valence-electron chi connectivity index (χ1n) is 12.0. The molecule has 7 nitrogen and oxygen atoms in total. The second-order valence-corrected chi connectivity index (χ2v) is 12.0. The predicted octanol–water partition coefficient (Wildman–Crippen LogP) is 6.44. The van der Waals surface area contributed by atoms with E-state index in [0.717, 1.165) is 4.31 Å². The van der Waals surface area contributed by atoms with Crippen LogP contribution in [-0.2, 0) is 26.2 Å². The minimum absolute atomic E-state index is 0.0730. The molecule has 0 aliphatic carbocycles. The lowest BCUT2D eigenvalue weighted by Crippen LogP contribution is -2.52. The quantitative estimate of drug-likeness (QED) is 0.264. The number of sulfonamides is 1. The van der Waals surface area contributed by atoms with Crippen LogP contribution in [0.5, 0.6) is 0 Å². The number of rotatable bonds is 11. The maximum Gasteiger partial charge on any atom is 0.264 e. The minimum Gasteiger partial charge on any atom is -0.355 e. The molecule has 0 aliphatic rings. The van der Waals surface area contributed by atoms with Crippen molar-refractivity contribution in [2.45, 2.75) is 37.8 Å². The Morgan fingerprint density at radius 2 is 1.49 bits per heavy atom. The summed E-state index contributed by atoms with van der Waals surface area (Å²) in [6.07, 6.45) is 0.265. The van der Waals surface area contributed by atoms with Crippen LogP contribution >= 0.6 is 46.4 Å². The normalized spacial score (nSPS) is 12.1. The zero-order valence-electron chi connectivity index (χ0n) is 21.2. The first kappa shape index (κ1) is 31.0. The molecule has 2 amide bonds. The smallest absolute Gasteiger partial charge is 0.264 e. The van der Waals surface area contributed by atoms with E-state index >= 15 is 0 Å². The van der Waals surface area contributed by atoms with E-state index in [0.29, 0.717) is 27.2 Å². The van der Waals surface area contributed by atoms with Gasteiger partial charge in [-0.05, 0) is 67.9 Å². The molecule has 0 bridgehead atoms. The lowest BCUT2D eigenvalue weighted by molar-refractivity contribution is -0.140. The van der Waals surface area contributed by atoms with E-state index in [1.165, 1.54) is 41.3 Å². The lowest BCUT2D eigenvalue weighted by Gasteiger charge is -2.33. The number of hydrogen-bond donors (Lipinski definition) is 1. The lowest BCUT2D eigenvalue weighted by atomic mass is 10.1. The molecule has 0 heterocycles. The molecule has 3 aromatic rings. The Kier molecular flexibility index (Phi) is 10.9. The predicted molar refractivity (Wildman–Crippen MR) is 157 cm³/mol. The van der Waals surface area contributed by atoms with Crippen molar-refractivity contribution in [3.05, 3.63) is 92.4 Å². The molecule has 1 N–H and O–H groups in total. The van der Waals surface area contributed by atoms with E-state index in [1.54, 1.807) is 44.2 Å². The number of carbonyl (C=O) groups excluding carboxylic acids is 2. The first-order chi connectivity index (χ1) is 18.5. The van der Waals surface area contributed by atoms with Gasteiger partial charge in [-0.2, -0.15) is 0 Å². The van der Waals surface area contributed by atoms with Crippen molar-refractivity contribution < 1.29 is 18.0 Å². The van der Waals surface area contributed by atoms with Crippen LogP contribution in [0.2, 0.25) is 20.1 Å². The molecule has 39 heavy (non-hydrogen) atoms. The third-order valence-electron chi connectivity index (χ3n) is 5.90. The van der Waals surface area contributed by atoms with Gasteiger partial charge in [0.1, 0.15) is 12.6 Å². The summed E-state index contributed by atoms with van der Waals surface area (Å²) in [6, 6.07) is 15.7. The van der Waals surface area contributed by atoms with Crippen molar-refractivity contribution in [1.29, 1.82) is 0 Å². The highest BCUT2D eigenvalue weighted by Gasteiger charge is 2.34. The first-order valence-corrected chi connectivity index (χ1v) is 15.0. The third kappa shape index (κ3) is 7.58. The van der Waals surface area contributed by atoms with Crippen LogP contribution in [0.15, 0.2) is 71.6 Å². The second kappa shape index (κ2) is 13.7. The molecule has 3 rings (SSSR count). The van der Waals surface area contributed by atoms with Gasteiger partial charge in [-0.15, -0.1) is 0 Å². The van der Waals surface area contributed by atoms with E-state index in [2.05, 4.69) is 5.32 Å². The topological polar surface area (TPSA) is 86.8 Å². The molecule has 1 atom stereocenters. The third-order valence-corrected chi connectivity index (χ3v) is 8.89. The fraction of sp³-hybridized carbons (Fsp3) is 0.259. The van der Waals surface area contributed by atoms with Crippen LogP contribution in [0, 0.1) is 0 Å². The Balaban J connectivity index is 2.10. The van der Waals surface area contributed by atoms with Crippen LogP contribution in [0.1, 0.15) is 25.8 Å². The summed E-state index contributed by atoms with van der Waals surface area (Å²) in [4.78, 5) is 28.2. The van der Waals surface area contributed by atoms with Crippen LogP contribution in [-0.4, -0.2) is 44.3 Å². The fourth-order valence-corrected chi connectivity index (χ4v) is 6.19. The van der Waals surface area contributed by atoms with Gasteiger partial charge in [0.2, 0.25) is 11.8 Å². The van der Waals surface area contributed by atoms with Crippen molar-refractivity contribution in [3.63, 3.8) is 0 Å². The minimum atomic E-state index is -4.25. The molecule has 208 valence electrons. The largest absolute Gasteiger partial charge is 0.355 e. The van der Waals surface area contributed by atoms with Gasteiger partial charge in [0.15, 0.2) is 0 Å². The monoisotopic (exact) mass is 629 g/mol. The standard InChI is InChI=1S/C27H27Cl4N3O4S/c1-3-25(27(36)32-4-2)33(16-22-23(30)9-6-10-24(22)31)26(35)17-34(20-8-5-7-19(29)15-20)39(37,38)21-13-11-18(28)12-14-21/h5-15,25H,3-4,16-17H2,1-2H3,(H,32,36). The number of benzene rings is 3. The molecule has 3 aromatic carbocycles. The summed E-state index contributed by atoms with van der Waals surface area (Å²) in [6.45, 7) is 3.14. The summed E-state index contributed by atoms with van der Waals surface area (Å²) in [7, 11) is -4.25. The van der Waals surface area contributed by atoms with E-state index in [4.69, 9.17) is 46.4 Å². The maximum absolute atomic E-state index is 14.0. The summed E-state index contributed by atoms with van der Waals surface area (Å²) < 4.78 is 28.6. The highest BCUT2D eigenvalue weighted by Crippen LogP contribution is 2.30. The zero-order chi connectivity index (χ0) is 28.7. The molecule has 0 aromatic heterocycles. The summed E-state index contributed by atoms with van der Waals surface area (Å²) >= 11 is 24.9. The van der Waals surface area contributed by atoms with Crippen LogP contribution in [0.4, 0.5) is 5.69 Å². The maximum atomic E-state index is 14.0. The van der Waals surface area contributed by atoms with Crippen molar-refractivity contribution in [1.82, 2.24) is 10.2 Å². The van der Waals surface area contributed by atoms with Gasteiger partial charge in [-0.1, -0.05) is 65.5 Å². The van der Waals surface area contributed by atoms with E-state index < -0.39 is 28.5 Å². The summed E-state index contributed by atoms with van der Waals surface area (Å²) in [5.74, 6) is -1.02. The van der Waals surface area contributed by atoms with Gasteiger partial charge < -0.3 is 10.2 Å². The van der Waals surface area contributed by atoms with E-state index in [-0.39, 0.29) is 34.5 Å². The molecular formula is C27H27Cl4N3O4S. The van der Waals surface area contributed by atoms with E-state index in [1.807, 2.05) is 0 Å². The second-order valence-electron chi connectivity index (χ2n) is 8.49. The summed E-state index contributed by atoms with van der Waals surface area (Å²) in [5, 5.41) is 4.00. The number of anilines is 1. The molecule has 0 radical (unpaired) electrons. The number of halogens is 4. The molecule has 0 aliphatic heterocycles. The van der Waals surface area contributed by atoms with Gasteiger partial charge in [0, 0.05) is 38.7 Å². The molecule has 0 fully saturated rings. The Labute approximate surface area is 248 Å². The van der Waals surface area contributed by atoms with Crippen LogP contribution in [0.3, 0.4) is 0 Å². The summed E-state index contributed by atoms with van der Waals surface area (Å²) in [5.41, 5.74) is 0.611. The molecule has 0 spiro atoms.